The Morgan fingerprint density at radius 2 is 1.92 bits per heavy atom. The molecule has 1 unspecified atom stereocenters. The van der Waals surface area contributed by atoms with E-state index in [9.17, 15) is 14.7 Å². The number of hydrogen-bond donors (Lipinski definition) is 1. The molecular weight excluding hydrogens is 330 g/mol. The van der Waals surface area contributed by atoms with Crippen molar-refractivity contribution in [2.24, 2.45) is 5.92 Å². The van der Waals surface area contributed by atoms with E-state index in [0.29, 0.717) is 30.9 Å². The van der Waals surface area contributed by atoms with E-state index in [1.807, 2.05) is 24.3 Å². The summed E-state index contributed by atoms with van der Waals surface area (Å²) in [7, 11) is 0. The molecule has 2 aromatic rings. The first-order chi connectivity index (χ1) is 12.6. The molecule has 1 saturated heterocycles. The van der Waals surface area contributed by atoms with Crippen LogP contribution in [0.3, 0.4) is 0 Å². The van der Waals surface area contributed by atoms with Crippen LogP contribution in [0.4, 0.5) is 0 Å². The van der Waals surface area contributed by atoms with Gasteiger partial charge >= 0.3 is 5.97 Å². The molecule has 1 N–H and O–H groups in total. The number of carbonyl (C=O) groups excluding carboxylic acids is 1. The lowest BCUT2D eigenvalue weighted by atomic mass is 9.97. The second-order valence-electron chi connectivity index (χ2n) is 6.54. The Kier molecular flexibility index (Phi) is 5.89. The van der Waals surface area contributed by atoms with Crippen LogP contribution < -0.4 is 4.74 Å². The van der Waals surface area contributed by atoms with Crippen LogP contribution in [0.25, 0.3) is 0 Å². The van der Waals surface area contributed by atoms with Crippen LogP contribution in [0.2, 0.25) is 0 Å². The van der Waals surface area contributed by atoms with Gasteiger partial charge in [0.1, 0.15) is 5.75 Å². The third-order valence-corrected chi connectivity index (χ3v) is 4.64. The Hall–Kier alpha value is -2.82. The number of carboxylic acids is 1. The molecule has 2 aromatic carbocycles. The van der Waals surface area contributed by atoms with Gasteiger partial charge in [0, 0.05) is 25.1 Å². The quantitative estimate of drug-likeness (QED) is 0.866. The van der Waals surface area contributed by atoms with Crippen molar-refractivity contribution < 1.29 is 19.4 Å². The Balaban J connectivity index is 1.59. The van der Waals surface area contributed by atoms with E-state index in [0.717, 1.165) is 12.8 Å². The van der Waals surface area contributed by atoms with Gasteiger partial charge in [0.15, 0.2) is 0 Å². The average Bonchev–Trinajstić information content (AvgIpc) is 2.68. The molecule has 0 bridgehead atoms. The molecule has 26 heavy (non-hydrogen) atoms. The lowest BCUT2D eigenvalue weighted by molar-refractivity contribution is -0.143. The predicted molar refractivity (Wildman–Crippen MR) is 98.3 cm³/mol. The SMILES string of the molecule is O=C(O)C1CCCN(C(=O)c2cccc(OCCc3ccccc3)c2)C1. The number of hydrogen-bond acceptors (Lipinski definition) is 3. The zero-order valence-electron chi connectivity index (χ0n) is 14.6. The third-order valence-electron chi connectivity index (χ3n) is 4.64. The maximum Gasteiger partial charge on any atom is 0.308 e. The molecule has 5 heteroatoms. The summed E-state index contributed by atoms with van der Waals surface area (Å²) in [6.45, 7) is 1.40. The van der Waals surface area contributed by atoms with Gasteiger partial charge in [0.05, 0.1) is 12.5 Å². The van der Waals surface area contributed by atoms with Gasteiger partial charge in [-0.15, -0.1) is 0 Å². The van der Waals surface area contributed by atoms with Crippen molar-refractivity contribution in [3.63, 3.8) is 0 Å². The van der Waals surface area contributed by atoms with Crippen molar-refractivity contribution in [2.75, 3.05) is 19.7 Å². The molecule has 0 aliphatic carbocycles. The van der Waals surface area contributed by atoms with E-state index in [1.165, 1.54) is 5.56 Å². The fourth-order valence-electron chi connectivity index (χ4n) is 3.20. The fraction of sp³-hybridized carbons (Fsp3) is 0.333. The van der Waals surface area contributed by atoms with Crippen LogP contribution in [0.5, 0.6) is 5.75 Å². The molecule has 1 fully saturated rings. The van der Waals surface area contributed by atoms with E-state index in [1.54, 1.807) is 23.1 Å². The smallest absolute Gasteiger partial charge is 0.308 e. The minimum atomic E-state index is -0.833. The lowest BCUT2D eigenvalue weighted by Crippen LogP contribution is -2.42. The molecule has 3 rings (SSSR count). The summed E-state index contributed by atoms with van der Waals surface area (Å²) in [4.78, 5) is 25.5. The molecule has 1 atom stereocenters. The molecule has 0 aromatic heterocycles. The summed E-state index contributed by atoms with van der Waals surface area (Å²) in [5.74, 6) is -0.790. The van der Waals surface area contributed by atoms with Gasteiger partial charge in [0.2, 0.25) is 0 Å². The number of aliphatic carboxylic acids is 1. The van der Waals surface area contributed by atoms with Crippen molar-refractivity contribution in [1.29, 1.82) is 0 Å². The average molecular weight is 353 g/mol. The summed E-state index contributed by atoms with van der Waals surface area (Å²) in [5.41, 5.74) is 1.74. The van der Waals surface area contributed by atoms with Crippen molar-refractivity contribution in [3.8, 4) is 5.75 Å². The lowest BCUT2D eigenvalue weighted by Gasteiger charge is -2.30. The zero-order valence-corrected chi connectivity index (χ0v) is 14.6. The van der Waals surface area contributed by atoms with E-state index in [2.05, 4.69) is 12.1 Å². The summed E-state index contributed by atoms with van der Waals surface area (Å²) in [5, 5.41) is 9.19. The first-order valence-corrected chi connectivity index (χ1v) is 8.92. The van der Waals surface area contributed by atoms with E-state index in [4.69, 9.17) is 4.74 Å². The monoisotopic (exact) mass is 353 g/mol. The number of likely N-dealkylation sites (tertiary alicyclic amines) is 1. The number of ether oxygens (including phenoxy) is 1. The van der Waals surface area contributed by atoms with Crippen LogP contribution >= 0.6 is 0 Å². The molecule has 1 amide bonds. The van der Waals surface area contributed by atoms with Crippen molar-refractivity contribution >= 4 is 11.9 Å². The largest absolute Gasteiger partial charge is 0.493 e. The number of carboxylic acid groups (broad SMARTS) is 1. The first-order valence-electron chi connectivity index (χ1n) is 8.92. The van der Waals surface area contributed by atoms with Gasteiger partial charge in [0.25, 0.3) is 5.91 Å². The minimum Gasteiger partial charge on any atom is -0.493 e. The number of benzene rings is 2. The second kappa shape index (κ2) is 8.52. The number of carbonyl (C=O) groups is 2. The molecule has 1 heterocycles. The van der Waals surface area contributed by atoms with Gasteiger partial charge in [-0.25, -0.2) is 0 Å². The fourth-order valence-corrected chi connectivity index (χ4v) is 3.20. The van der Waals surface area contributed by atoms with Gasteiger partial charge < -0.3 is 14.7 Å². The molecule has 1 aliphatic heterocycles. The number of amides is 1. The molecule has 5 nitrogen and oxygen atoms in total. The summed E-state index contributed by atoms with van der Waals surface area (Å²) < 4.78 is 5.78. The summed E-state index contributed by atoms with van der Waals surface area (Å²) >= 11 is 0. The molecule has 0 spiro atoms. The molecule has 0 radical (unpaired) electrons. The highest BCUT2D eigenvalue weighted by molar-refractivity contribution is 5.95. The van der Waals surface area contributed by atoms with Crippen molar-refractivity contribution in [3.05, 3.63) is 65.7 Å². The molecule has 1 aliphatic rings. The Morgan fingerprint density at radius 3 is 2.69 bits per heavy atom. The second-order valence-corrected chi connectivity index (χ2v) is 6.54. The van der Waals surface area contributed by atoms with E-state index in [-0.39, 0.29) is 12.5 Å². The molecular formula is C21H23NO4. The minimum absolute atomic E-state index is 0.135. The van der Waals surface area contributed by atoms with E-state index < -0.39 is 11.9 Å². The Bertz CT molecular complexity index is 760. The third kappa shape index (κ3) is 4.63. The standard InChI is InChI=1S/C21H23NO4/c23-20(22-12-5-9-18(15-22)21(24)25)17-8-4-10-19(14-17)26-13-11-16-6-2-1-3-7-16/h1-4,6-8,10,14,18H,5,9,11-13,15H2,(H,24,25). The maximum absolute atomic E-state index is 12.7. The van der Waals surface area contributed by atoms with E-state index >= 15 is 0 Å². The normalized spacial score (nSPS) is 16.9. The van der Waals surface area contributed by atoms with Crippen LogP contribution in [-0.2, 0) is 11.2 Å². The Labute approximate surface area is 153 Å². The van der Waals surface area contributed by atoms with Gasteiger partial charge in [-0.05, 0) is 36.6 Å². The van der Waals surface area contributed by atoms with Gasteiger partial charge in [-0.2, -0.15) is 0 Å². The topological polar surface area (TPSA) is 66.8 Å². The number of piperidine rings is 1. The number of nitrogens with zero attached hydrogens (tertiary/aromatic N) is 1. The number of rotatable bonds is 6. The highest BCUT2D eigenvalue weighted by atomic mass is 16.5. The Morgan fingerprint density at radius 1 is 1.12 bits per heavy atom. The van der Waals surface area contributed by atoms with Gasteiger partial charge in [-0.3, -0.25) is 9.59 Å². The highest BCUT2D eigenvalue weighted by Gasteiger charge is 2.28. The van der Waals surface area contributed by atoms with Crippen LogP contribution in [0.15, 0.2) is 54.6 Å². The molecule has 0 saturated carbocycles. The predicted octanol–water partition coefficient (Wildman–Crippen LogP) is 3.24. The maximum atomic E-state index is 12.7. The van der Waals surface area contributed by atoms with Crippen LogP contribution in [0.1, 0.15) is 28.8 Å². The first kappa shape index (κ1) is 18.0. The van der Waals surface area contributed by atoms with Crippen molar-refractivity contribution in [1.82, 2.24) is 4.90 Å². The van der Waals surface area contributed by atoms with Crippen LogP contribution in [-0.4, -0.2) is 41.6 Å². The summed E-state index contributed by atoms with van der Waals surface area (Å²) in [6.07, 6.45) is 2.14. The van der Waals surface area contributed by atoms with Gasteiger partial charge in [-0.1, -0.05) is 36.4 Å². The van der Waals surface area contributed by atoms with Crippen LogP contribution in [0, 0.1) is 5.92 Å². The zero-order chi connectivity index (χ0) is 18.4. The highest BCUT2D eigenvalue weighted by Crippen LogP contribution is 2.21. The summed E-state index contributed by atoms with van der Waals surface area (Å²) in [6, 6.07) is 17.2. The van der Waals surface area contributed by atoms with Crippen molar-refractivity contribution in [2.45, 2.75) is 19.3 Å². The molecule has 136 valence electrons.